The standard InChI is InChI=1S/C19H15F4N3O4/c1-28-12-5-3-11(15(8-12)29-2)9-24-17(27)13-6-4-10(7-14(13)20)16-25-18(30-26-16)19(21,22)23/h3-8H,9H2,1-2H3,(H,24,27). The van der Waals surface area contributed by atoms with E-state index in [2.05, 4.69) is 20.0 Å². The van der Waals surface area contributed by atoms with Crippen molar-refractivity contribution >= 4 is 5.91 Å². The summed E-state index contributed by atoms with van der Waals surface area (Å²) in [5, 5.41) is 5.73. The Morgan fingerprint density at radius 1 is 1.13 bits per heavy atom. The second-order valence-electron chi connectivity index (χ2n) is 5.98. The molecule has 2 aromatic carbocycles. The molecule has 3 aromatic rings. The molecule has 158 valence electrons. The summed E-state index contributed by atoms with van der Waals surface area (Å²) in [6.07, 6.45) is -4.81. The van der Waals surface area contributed by atoms with Gasteiger partial charge in [-0.3, -0.25) is 4.79 Å². The number of benzene rings is 2. The van der Waals surface area contributed by atoms with Gasteiger partial charge in [0.15, 0.2) is 0 Å². The summed E-state index contributed by atoms with van der Waals surface area (Å²) in [7, 11) is 2.96. The molecule has 0 atom stereocenters. The molecule has 0 unspecified atom stereocenters. The minimum absolute atomic E-state index is 0.0486. The van der Waals surface area contributed by atoms with Crippen LogP contribution in [-0.4, -0.2) is 30.3 Å². The summed E-state index contributed by atoms with van der Waals surface area (Å²) in [4.78, 5) is 15.5. The number of amides is 1. The van der Waals surface area contributed by atoms with E-state index in [9.17, 15) is 22.4 Å². The quantitative estimate of drug-likeness (QED) is 0.604. The van der Waals surface area contributed by atoms with E-state index in [-0.39, 0.29) is 17.7 Å². The summed E-state index contributed by atoms with van der Waals surface area (Å²) in [6.45, 7) is 0.0486. The number of methoxy groups -OCH3 is 2. The third-order valence-electron chi connectivity index (χ3n) is 4.07. The fraction of sp³-hybridized carbons (Fsp3) is 0.211. The molecule has 7 nitrogen and oxygen atoms in total. The molecule has 1 N–H and O–H groups in total. The van der Waals surface area contributed by atoms with Crippen LogP contribution in [0.25, 0.3) is 11.4 Å². The first-order chi connectivity index (χ1) is 14.2. The maximum atomic E-state index is 14.4. The van der Waals surface area contributed by atoms with Gasteiger partial charge in [-0.05, 0) is 24.3 Å². The molecule has 0 aliphatic rings. The molecule has 0 radical (unpaired) electrons. The number of aromatic nitrogens is 2. The lowest BCUT2D eigenvalue weighted by Crippen LogP contribution is -2.24. The van der Waals surface area contributed by atoms with Crippen LogP contribution in [-0.2, 0) is 12.7 Å². The van der Waals surface area contributed by atoms with E-state index >= 15 is 0 Å². The van der Waals surface area contributed by atoms with E-state index in [1.54, 1.807) is 18.2 Å². The van der Waals surface area contributed by atoms with E-state index in [1.807, 2.05) is 0 Å². The van der Waals surface area contributed by atoms with Gasteiger partial charge in [-0.15, -0.1) is 0 Å². The average Bonchev–Trinajstić information content (AvgIpc) is 3.22. The Balaban J connectivity index is 1.74. The van der Waals surface area contributed by atoms with Gasteiger partial charge < -0.3 is 19.3 Å². The van der Waals surface area contributed by atoms with Crippen LogP contribution in [0.5, 0.6) is 11.5 Å². The third-order valence-corrected chi connectivity index (χ3v) is 4.07. The predicted molar refractivity (Wildman–Crippen MR) is 95.4 cm³/mol. The van der Waals surface area contributed by atoms with Gasteiger partial charge in [-0.2, -0.15) is 18.2 Å². The predicted octanol–water partition coefficient (Wildman–Crippen LogP) is 3.84. The molecule has 0 aliphatic carbocycles. The van der Waals surface area contributed by atoms with Crippen LogP contribution in [0.15, 0.2) is 40.9 Å². The molecule has 0 bridgehead atoms. The van der Waals surface area contributed by atoms with Crippen LogP contribution >= 0.6 is 0 Å². The normalized spacial score (nSPS) is 11.3. The van der Waals surface area contributed by atoms with Gasteiger partial charge in [0, 0.05) is 23.7 Å². The van der Waals surface area contributed by atoms with Gasteiger partial charge in [-0.1, -0.05) is 11.2 Å². The van der Waals surface area contributed by atoms with Crippen molar-refractivity contribution in [3.05, 3.63) is 59.2 Å². The maximum Gasteiger partial charge on any atom is 0.471 e. The summed E-state index contributed by atoms with van der Waals surface area (Å²) < 4.78 is 66.5. The molecule has 1 heterocycles. The molecule has 0 spiro atoms. The number of hydrogen-bond acceptors (Lipinski definition) is 6. The summed E-state index contributed by atoms with van der Waals surface area (Å²) in [5.41, 5.74) is 0.265. The van der Waals surface area contributed by atoms with Crippen LogP contribution in [0, 0.1) is 5.82 Å². The molecule has 1 aromatic heterocycles. The second-order valence-corrected chi connectivity index (χ2v) is 5.98. The van der Waals surface area contributed by atoms with E-state index < -0.39 is 29.6 Å². The van der Waals surface area contributed by atoms with E-state index in [0.29, 0.717) is 17.1 Å². The van der Waals surface area contributed by atoms with Crippen molar-refractivity contribution in [3.8, 4) is 22.9 Å². The lowest BCUT2D eigenvalue weighted by molar-refractivity contribution is -0.159. The fourth-order valence-corrected chi connectivity index (χ4v) is 2.56. The molecule has 3 rings (SSSR count). The fourth-order valence-electron chi connectivity index (χ4n) is 2.56. The third kappa shape index (κ3) is 4.50. The molecule has 0 fully saturated rings. The van der Waals surface area contributed by atoms with Crippen molar-refractivity contribution in [3.63, 3.8) is 0 Å². The van der Waals surface area contributed by atoms with Crippen molar-refractivity contribution in [2.45, 2.75) is 12.7 Å². The molecule has 1 amide bonds. The van der Waals surface area contributed by atoms with Crippen LogP contribution in [0.1, 0.15) is 21.8 Å². The Bertz CT molecular complexity index is 1070. The number of halogens is 4. The highest BCUT2D eigenvalue weighted by Crippen LogP contribution is 2.30. The number of carbonyl (C=O) groups is 1. The number of alkyl halides is 3. The summed E-state index contributed by atoms with van der Waals surface area (Å²) >= 11 is 0. The number of nitrogens with one attached hydrogen (secondary N) is 1. The summed E-state index contributed by atoms with van der Waals surface area (Å²) in [5.74, 6) is -2.63. The zero-order valence-corrected chi connectivity index (χ0v) is 15.7. The average molecular weight is 425 g/mol. The maximum absolute atomic E-state index is 14.4. The molecular weight excluding hydrogens is 410 g/mol. The van der Waals surface area contributed by atoms with Crippen molar-refractivity contribution < 1.29 is 36.4 Å². The smallest absolute Gasteiger partial charge is 0.471 e. The van der Waals surface area contributed by atoms with Gasteiger partial charge in [0.2, 0.25) is 5.82 Å². The number of hydrogen-bond donors (Lipinski definition) is 1. The molecule has 30 heavy (non-hydrogen) atoms. The van der Waals surface area contributed by atoms with Gasteiger partial charge in [0.25, 0.3) is 5.91 Å². The van der Waals surface area contributed by atoms with Gasteiger partial charge in [0.05, 0.1) is 19.8 Å². The highest BCUT2D eigenvalue weighted by Gasteiger charge is 2.38. The van der Waals surface area contributed by atoms with Gasteiger partial charge in [0.1, 0.15) is 17.3 Å². The lowest BCUT2D eigenvalue weighted by Gasteiger charge is -2.12. The SMILES string of the molecule is COc1ccc(CNC(=O)c2ccc(-c3noc(C(F)(F)F)n3)cc2F)c(OC)c1. The highest BCUT2D eigenvalue weighted by atomic mass is 19.4. The Hall–Kier alpha value is -3.63. The van der Waals surface area contributed by atoms with Crippen molar-refractivity contribution in [2.75, 3.05) is 14.2 Å². The minimum Gasteiger partial charge on any atom is -0.497 e. The first kappa shape index (κ1) is 21.1. The molecule has 11 heteroatoms. The Morgan fingerprint density at radius 3 is 2.50 bits per heavy atom. The molecular formula is C19H15F4N3O4. The molecule has 0 saturated heterocycles. The van der Waals surface area contributed by atoms with Crippen LogP contribution < -0.4 is 14.8 Å². The van der Waals surface area contributed by atoms with Gasteiger partial charge >= 0.3 is 12.1 Å². The number of carbonyl (C=O) groups excluding carboxylic acids is 1. The molecule has 0 aliphatic heterocycles. The Kier molecular flexibility index (Phi) is 5.90. The zero-order chi connectivity index (χ0) is 21.9. The Morgan fingerprint density at radius 2 is 1.90 bits per heavy atom. The van der Waals surface area contributed by atoms with Crippen LogP contribution in [0.2, 0.25) is 0 Å². The van der Waals surface area contributed by atoms with E-state index in [0.717, 1.165) is 12.1 Å². The highest BCUT2D eigenvalue weighted by molar-refractivity contribution is 5.94. The van der Waals surface area contributed by atoms with Crippen molar-refractivity contribution in [1.29, 1.82) is 0 Å². The second kappa shape index (κ2) is 8.39. The zero-order valence-electron chi connectivity index (χ0n) is 15.7. The largest absolute Gasteiger partial charge is 0.497 e. The first-order valence-corrected chi connectivity index (χ1v) is 8.43. The lowest BCUT2D eigenvalue weighted by atomic mass is 10.1. The van der Waals surface area contributed by atoms with Crippen molar-refractivity contribution in [2.24, 2.45) is 0 Å². The molecule has 0 saturated carbocycles. The van der Waals surface area contributed by atoms with Crippen LogP contribution in [0.3, 0.4) is 0 Å². The van der Waals surface area contributed by atoms with E-state index in [4.69, 9.17) is 9.47 Å². The van der Waals surface area contributed by atoms with E-state index in [1.165, 1.54) is 20.3 Å². The number of rotatable bonds is 6. The number of ether oxygens (including phenoxy) is 2. The topological polar surface area (TPSA) is 86.5 Å². The van der Waals surface area contributed by atoms with Crippen LogP contribution in [0.4, 0.5) is 17.6 Å². The minimum atomic E-state index is -4.81. The first-order valence-electron chi connectivity index (χ1n) is 8.43. The Labute approximate surface area is 167 Å². The van der Waals surface area contributed by atoms with Crippen molar-refractivity contribution in [1.82, 2.24) is 15.5 Å². The number of nitrogens with zero attached hydrogens (tertiary/aromatic N) is 2. The monoisotopic (exact) mass is 425 g/mol. The summed E-state index contributed by atoms with van der Waals surface area (Å²) in [6, 6.07) is 8.20. The van der Waals surface area contributed by atoms with Gasteiger partial charge in [-0.25, -0.2) is 4.39 Å².